The molecular weight excluding hydrogens is 152 g/mol. The lowest BCUT2D eigenvalue weighted by molar-refractivity contribution is -0.134. The first kappa shape index (κ1) is 8.20. The van der Waals surface area contributed by atoms with Crippen LogP contribution in [0.4, 0.5) is 0 Å². The summed E-state index contributed by atoms with van der Waals surface area (Å²) in [5.41, 5.74) is 5.63. The second-order valence-electron chi connectivity index (χ2n) is 4.25. The zero-order chi connectivity index (χ0) is 8.72. The minimum absolute atomic E-state index is 0.303. The molecule has 2 fully saturated rings. The maximum absolute atomic E-state index is 11.6. The number of hydrogen-bond acceptors (Lipinski definition) is 3. The third-order valence-corrected chi connectivity index (χ3v) is 3.04. The van der Waals surface area contributed by atoms with Gasteiger partial charge in [-0.15, -0.1) is 0 Å². The molecule has 0 bridgehead atoms. The van der Waals surface area contributed by atoms with Crippen LogP contribution in [0.25, 0.3) is 0 Å². The van der Waals surface area contributed by atoms with Gasteiger partial charge in [0.25, 0.3) is 0 Å². The van der Waals surface area contributed by atoms with Crippen molar-refractivity contribution in [1.29, 1.82) is 0 Å². The first-order valence-electron chi connectivity index (χ1n) is 4.64. The molecule has 12 heavy (non-hydrogen) atoms. The molecule has 1 aliphatic heterocycles. The van der Waals surface area contributed by atoms with Crippen molar-refractivity contribution in [3.63, 3.8) is 0 Å². The lowest BCUT2D eigenvalue weighted by Crippen LogP contribution is -2.52. The van der Waals surface area contributed by atoms with Gasteiger partial charge in [-0.3, -0.25) is 4.79 Å². The van der Waals surface area contributed by atoms with Gasteiger partial charge >= 0.3 is 0 Å². The van der Waals surface area contributed by atoms with Crippen molar-refractivity contribution in [2.75, 3.05) is 20.1 Å². The number of nitrogens with zero attached hydrogens (tertiary/aromatic N) is 1. The maximum Gasteiger partial charge on any atom is 0.141 e. The van der Waals surface area contributed by atoms with E-state index in [1.54, 1.807) is 0 Å². The van der Waals surface area contributed by atoms with Gasteiger partial charge in [0.2, 0.25) is 0 Å². The molecule has 1 heterocycles. The fourth-order valence-electron chi connectivity index (χ4n) is 2.11. The summed E-state index contributed by atoms with van der Waals surface area (Å²) in [6, 6.07) is 0.303. The summed E-state index contributed by atoms with van der Waals surface area (Å²) < 4.78 is 0. The molecule has 0 unspecified atom stereocenters. The molecule has 1 saturated heterocycles. The molecule has 0 spiro atoms. The van der Waals surface area contributed by atoms with Gasteiger partial charge in [0.1, 0.15) is 5.78 Å². The molecule has 3 heteroatoms. The van der Waals surface area contributed by atoms with Crippen LogP contribution in [0.3, 0.4) is 0 Å². The van der Waals surface area contributed by atoms with Crippen LogP contribution in [0.1, 0.15) is 12.8 Å². The van der Waals surface area contributed by atoms with Gasteiger partial charge in [0, 0.05) is 31.0 Å². The molecule has 0 atom stereocenters. The third-order valence-electron chi connectivity index (χ3n) is 3.04. The topological polar surface area (TPSA) is 46.3 Å². The van der Waals surface area contributed by atoms with Gasteiger partial charge in [-0.1, -0.05) is 0 Å². The molecule has 68 valence electrons. The molecule has 0 aromatic rings. The zero-order valence-corrected chi connectivity index (χ0v) is 7.49. The number of carbonyl (C=O) groups excluding carboxylic acids is 1. The summed E-state index contributed by atoms with van der Waals surface area (Å²) in [5, 5.41) is 0. The van der Waals surface area contributed by atoms with Gasteiger partial charge < -0.3 is 10.6 Å². The van der Waals surface area contributed by atoms with E-state index in [-0.39, 0.29) is 0 Å². The lowest BCUT2D eigenvalue weighted by Gasteiger charge is -2.40. The van der Waals surface area contributed by atoms with Gasteiger partial charge in [-0.25, -0.2) is 0 Å². The number of likely N-dealkylation sites (tertiary alicyclic amines) is 1. The minimum Gasteiger partial charge on any atom is -0.328 e. The Morgan fingerprint density at radius 3 is 2.33 bits per heavy atom. The Hall–Kier alpha value is -0.410. The summed E-state index contributed by atoms with van der Waals surface area (Å²) in [5.74, 6) is 1.10. The molecule has 2 aliphatic rings. The normalized spacial score (nSPS) is 37.2. The zero-order valence-electron chi connectivity index (χ0n) is 7.49. The molecule has 3 nitrogen and oxygen atoms in total. The molecule has 1 saturated carbocycles. The Labute approximate surface area is 72.9 Å². The number of Topliss-reactive ketones (excluding diaryl/α,β-unsaturated/α-hetero) is 1. The average Bonchev–Trinajstić information content (AvgIpc) is 1.91. The Balaban J connectivity index is 1.78. The molecule has 0 aromatic carbocycles. The van der Waals surface area contributed by atoms with Crippen molar-refractivity contribution < 1.29 is 4.79 Å². The van der Waals surface area contributed by atoms with Crippen molar-refractivity contribution in [1.82, 2.24) is 4.90 Å². The highest BCUT2D eigenvalue weighted by molar-refractivity contribution is 5.85. The lowest BCUT2D eigenvalue weighted by atomic mass is 9.73. The standard InChI is InChI=1S/C9H16N2O/c1-11-4-7(5-11)9(12)6-2-8(10)3-6/h6-8H,2-5,10H2,1H3. The van der Waals surface area contributed by atoms with E-state index >= 15 is 0 Å². The molecule has 2 rings (SSSR count). The summed E-state index contributed by atoms with van der Waals surface area (Å²) in [6.45, 7) is 1.93. The highest BCUT2D eigenvalue weighted by Gasteiger charge is 2.39. The smallest absolute Gasteiger partial charge is 0.141 e. The number of rotatable bonds is 2. The van der Waals surface area contributed by atoms with E-state index in [1.807, 2.05) is 0 Å². The molecule has 0 aromatic heterocycles. The fraction of sp³-hybridized carbons (Fsp3) is 0.889. The van der Waals surface area contributed by atoms with Crippen LogP contribution >= 0.6 is 0 Å². The van der Waals surface area contributed by atoms with E-state index in [0.717, 1.165) is 25.9 Å². The first-order valence-corrected chi connectivity index (χ1v) is 4.64. The number of ketones is 1. The van der Waals surface area contributed by atoms with Crippen LogP contribution in [0.5, 0.6) is 0 Å². The fourth-order valence-corrected chi connectivity index (χ4v) is 2.11. The van der Waals surface area contributed by atoms with Crippen LogP contribution in [-0.4, -0.2) is 36.9 Å². The number of nitrogens with two attached hydrogens (primary N) is 1. The Morgan fingerprint density at radius 1 is 1.33 bits per heavy atom. The van der Waals surface area contributed by atoms with E-state index < -0.39 is 0 Å². The van der Waals surface area contributed by atoms with Crippen molar-refractivity contribution in [2.24, 2.45) is 17.6 Å². The van der Waals surface area contributed by atoms with Crippen molar-refractivity contribution in [3.05, 3.63) is 0 Å². The van der Waals surface area contributed by atoms with Crippen LogP contribution in [0, 0.1) is 11.8 Å². The van der Waals surface area contributed by atoms with Crippen LogP contribution < -0.4 is 5.73 Å². The predicted molar refractivity (Wildman–Crippen MR) is 46.7 cm³/mol. The monoisotopic (exact) mass is 168 g/mol. The highest BCUT2D eigenvalue weighted by atomic mass is 16.1. The largest absolute Gasteiger partial charge is 0.328 e. The van der Waals surface area contributed by atoms with Crippen molar-refractivity contribution in [3.8, 4) is 0 Å². The van der Waals surface area contributed by atoms with Crippen LogP contribution in [0.15, 0.2) is 0 Å². The molecule has 0 radical (unpaired) electrons. The molecule has 2 N–H and O–H groups in total. The molecular formula is C9H16N2O. The second kappa shape index (κ2) is 2.82. The Bertz CT molecular complexity index is 173. The predicted octanol–water partition coefficient (Wildman–Crippen LogP) is -0.146. The SMILES string of the molecule is CN1CC(C(=O)C2CC(N)C2)C1. The van der Waals surface area contributed by atoms with E-state index in [9.17, 15) is 4.79 Å². The number of carbonyl (C=O) groups is 1. The van der Waals surface area contributed by atoms with E-state index in [4.69, 9.17) is 5.73 Å². The highest BCUT2D eigenvalue weighted by Crippen LogP contribution is 2.31. The quantitative estimate of drug-likeness (QED) is 0.624. The van der Waals surface area contributed by atoms with Crippen LogP contribution in [0.2, 0.25) is 0 Å². The van der Waals surface area contributed by atoms with E-state index in [2.05, 4.69) is 11.9 Å². The molecule has 1 aliphatic carbocycles. The minimum atomic E-state index is 0.303. The first-order chi connectivity index (χ1) is 5.66. The van der Waals surface area contributed by atoms with Gasteiger partial charge in [-0.05, 0) is 19.9 Å². The summed E-state index contributed by atoms with van der Waals surface area (Å²) >= 11 is 0. The van der Waals surface area contributed by atoms with E-state index in [0.29, 0.717) is 23.7 Å². The van der Waals surface area contributed by atoms with Crippen LogP contribution in [-0.2, 0) is 4.79 Å². The van der Waals surface area contributed by atoms with Crippen molar-refractivity contribution in [2.45, 2.75) is 18.9 Å². The Kier molecular flexibility index (Phi) is 1.93. The summed E-state index contributed by atoms with van der Waals surface area (Å²) in [6.07, 6.45) is 1.86. The van der Waals surface area contributed by atoms with Crippen molar-refractivity contribution >= 4 is 5.78 Å². The maximum atomic E-state index is 11.6. The van der Waals surface area contributed by atoms with Gasteiger partial charge in [-0.2, -0.15) is 0 Å². The van der Waals surface area contributed by atoms with Gasteiger partial charge in [0.05, 0.1) is 0 Å². The van der Waals surface area contributed by atoms with Gasteiger partial charge in [0.15, 0.2) is 0 Å². The summed E-state index contributed by atoms with van der Waals surface area (Å²) in [7, 11) is 2.05. The second-order valence-corrected chi connectivity index (χ2v) is 4.25. The third kappa shape index (κ3) is 1.27. The Morgan fingerprint density at radius 2 is 1.92 bits per heavy atom. The average molecular weight is 168 g/mol. The number of hydrogen-bond donors (Lipinski definition) is 1. The summed E-state index contributed by atoms with van der Waals surface area (Å²) in [4.78, 5) is 13.8. The van der Waals surface area contributed by atoms with E-state index in [1.165, 1.54) is 0 Å². The molecule has 0 amide bonds.